The van der Waals surface area contributed by atoms with E-state index in [-0.39, 0.29) is 11.7 Å². The summed E-state index contributed by atoms with van der Waals surface area (Å²) < 4.78 is 26.6. The molecule has 3 aromatic heterocycles. The highest BCUT2D eigenvalue weighted by molar-refractivity contribution is 7.89. The van der Waals surface area contributed by atoms with Gasteiger partial charge >= 0.3 is 0 Å². The molecule has 0 atom stereocenters. The lowest BCUT2D eigenvalue weighted by Gasteiger charge is -2.05. The molecule has 1 aromatic carbocycles. The Morgan fingerprint density at radius 3 is 2.79 bits per heavy atom. The maximum absolute atomic E-state index is 12.5. The molecular formula is C20H19N5O3S. The summed E-state index contributed by atoms with van der Waals surface area (Å²) in [5.41, 5.74) is 3.22. The van der Waals surface area contributed by atoms with E-state index >= 15 is 0 Å². The molecule has 29 heavy (non-hydrogen) atoms. The van der Waals surface area contributed by atoms with E-state index in [1.165, 1.54) is 0 Å². The highest BCUT2D eigenvalue weighted by atomic mass is 32.2. The Bertz CT molecular complexity index is 1260. The molecule has 0 aliphatic carbocycles. The Morgan fingerprint density at radius 1 is 1.14 bits per heavy atom. The van der Waals surface area contributed by atoms with Gasteiger partial charge in [0.05, 0.1) is 29.9 Å². The second-order valence-electron chi connectivity index (χ2n) is 6.85. The number of pyridine rings is 1. The smallest absolute Gasteiger partial charge is 0.255 e. The number of nitrogens with zero attached hydrogens (tertiary/aromatic N) is 4. The summed E-state index contributed by atoms with van der Waals surface area (Å²) in [7, 11) is -3.17. The van der Waals surface area contributed by atoms with Crippen LogP contribution in [0.3, 0.4) is 0 Å². The van der Waals surface area contributed by atoms with Crippen molar-refractivity contribution < 1.29 is 13.2 Å². The van der Waals surface area contributed by atoms with Crippen LogP contribution < -0.4 is 5.32 Å². The van der Waals surface area contributed by atoms with Crippen LogP contribution in [0.25, 0.3) is 5.65 Å². The zero-order chi connectivity index (χ0) is 20.4. The molecule has 9 heteroatoms. The van der Waals surface area contributed by atoms with Crippen molar-refractivity contribution in [3.63, 3.8) is 0 Å². The fourth-order valence-electron chi connectivity index (χ4n) is 3.05. The lowest BCUT2D eigenvalue weighted by molar-refractivity contribution is 0.102. The molecule has 0 fully saturated rings. The third kappa shape index (κ3) is 4.69. The fourth-order valence-corrected chi connectivity index (χ4v) is 3.84. The quantitative estimate of drug-likeness (QED) is 0.527. The molecule has 0 unspecified atom stereocenters. The SMILES string of the molecule is CS(=O)(=O)Cc1cccc(C(=O)Nc2cnn(Cc3cn4ccccc4n3)c2)c1. The highest BCUT2D eigenvalue weighted by Crippen LogP contribution is 2.13. The van der Waals surface area contributed by atoms with Crippen molar-refractivity contribution in [1.82, 2.24) is 19.2 Å². The third-order valence-corrected chi connectivity index (χ3v) is 5.10. The van der Waals surface area contributed by atoms with Crippen LogP contribution in [0, 0.1) is 0 Å². The van der Waals surface area contributed by atoms with Crippen molar-refractivity contribution in [2.45, 2.75) is 12.3 Å². The monoisotopic (exact) mass is 409 g/mol. The van der Waals surface area contributed by atoms with Gasteiger partial charge in [-0.1, -0.05) is 18.2 Å². The van der Waals surface area contributed by atoms with E-state index in [1.54, 1.807) is 41.3 Å². The molecule has 0 saturated heterocycles. The summed E-state index contributed by atoms with van der Waals surface area (Å²) in [5, 5.41) is 7.05. The zero-order valence-corrected chi connectivity index (χ0v) is 16.5. The van der Waals surface area contributed by atoms with Crippen molar-refractivity contribution in [2.24, 2.45) is 0 Å². The molecule has 4 aromatic rings. The summed E-state index contributed by atoms with van der Waals surface area (Å²) in [5.74, 6) is -0.432. The van der Waals surface area contributed by atoms with Gasteiger partial charge in [0.15, 0.2) is 9.84 Å². The largest absolute Gasteiger partial charge is 0.319 e. The number of fused-ring (bicyclic) bond motifs is 1. The van der Waals surface area contributed by atoms with Gasteiger partial charge in [0.1, 0.15) is 5.65 Å². The lowest BCUT2D eigenvalue weighted by Crippen LogP contribution is -2.12. The van der Waals surface area contributed by atoms with Crippen molar-refractivity contribution >= 4 is 27.1 Å². The number of sulfone groups is 1. The summed E-state index contributed by atoms with van der Waals surface area (Å²) in [4.78, 5) is 17.0. The van der Waals surface area contributed by atoms with Gasteiger partial charge in [0, 0.05) is 30.4 Å². The standard InChI is InChI=1S/C20H19N5O3S/c1-29(27,28)14-15-5-4-6-16(9-15)20(26)23-17-10-21-25(12-17)13-18-11-24-8-3-2-7-19(24)22-18/h2-12H,13-14H2,1H3,(H,23,26). The average molecular weight is 409 g/mol. The zero-order valence-electron chi connectivity index (χ0n) is 15.7. The molecule has 0 spiro atoms. The number of hydrogen-bond donors (Lipinski definition) is 1. The third-order valence-electron chi connectivity index (χ3n) is 4.25. The van der Waals surface area contributed by atoms with E-state index in [0.717, 1.165) is 17.6 Å². The van der Waals surface area contributed by atoms with E-state index in [9.17, 15) is 13.2 Å². The number of rotatable bonds is 6. The van der Waals surface area contributed by atoms with Crippen LogP contribution in [0.1, 0.15) is 21.6 Å². The van der Waals surface area contributed by atoms with E-state index in [0.29, 0.717) is 23.4 Å². The summed E-state index contributed by atoms with van der Waals surface area (Å²) >= 11 is 0. The van der Waals surface area contributed by atoms with E-state index in [1.807, 2.05) is 35.0 Å². The normalized spacial score (nSPS) is 11.6. The first-order valence-electron chi connectivity index (χ1n) is 8.89. The summed E-state index contributed by atoms with van der Waals surface area (Å²) in [6, 6.07) is 12.4. The first kappa shape index (κ1) is 18.9. The topological polar surface area (TPSA) is 98.4 Å². The molecule has 3 heterocycles. The number of hydrogen-bond acceptors (Lipinski definition) is 5. The van der Waals surface area contributed by atoms with E-state index in [2.05, 4.69) is 15.4 Å². The molecule has 1 amide bonds. The molecule has 8 nitrogen and oxygen atoms in total. The van der Waals surface area contributed by atoms with Gasteiger partial charge in [-0.2, -0.15) is 5.10 Å². The van der Waals surface area contributed by atoms with Crippen LogP contribution >= 0.6 is 0 Å². The number of nitrogens with one attached hydrogen (secondary N) is 1. The Hall–Kier alpha value is -3.46. The highest BCUT2D eigenvalue weighted by Gasteiger charge is 2.11. The minimum atomic E-state index is -3.17. The molecule has 4 rings (SSSR count). The Balaban J connectivity index is 1.44. The second kappa shape index (κ2) is 7.51. The molecule has 0 bridgehead atoms. The average Bonchev–Trinajstić information content (AvgIpc) is 3.26. The predicted octanol–water partition coefficient (Wildman–Crippen LogP) is 2.38. The van der Waals surface area contributed by atoms with Crippen LogP contribution in [0.4, 0.5) is 5.69 Å². The van der Waals surface area contributed by atoms with Crippen molar-refractivity contribution in [3.8, 4) is 0 Å². The summed E-state index contributed by atoms with van der Waals surface area (Å²) in [6.07, 6.45) is 8.31. The number of carbonyl (C=O) groups excluding carboxylic acids is 1. The molecule has 0 aliphatic heterocycles. The molecule has 148 valence electrons. The fraction of sp³-hybridized carbons (Fsp3) is 0.150. The van der Waals surface area contributed by atoms with E-state index in [4.69, 9.17) is 0 Å². The Labute approximate surface area is 167 Å². The molecule has 1 N–H and O–H groups in total. The van der Waals surface area contributed by atoms with Crippen LogP contribution in [-0.2, 0) is 22.1 Å². The first-order valence-corrected chi connectivity index (χ1v) is 10.9. The van der Waals surface area contributed by atoms with Gasteiger partial charge in [0.2, 0.25) is 0 Å². The van der Waals surface area contributed by atoms with Crippen LogP contribution in [0.15, 0.2) is 67.3 Å². The van der Waals surface area contributed by atoms with E-state index < -0.39 is 9.84 Å². The minimum absolute atomic E-state index is 0.106. The number of carbonyl (C=O) groups is 1. The minimum Gasteiger partial charge on any atom is -0.319 e. The van der Waals surface area contributed by atoms with Gasteiger partial charge in [-0.25, -0.2) is 13.4 Å². The Morgan fingerprint density at radius 2 is 2.00 bits per heavy atom. The Kier molecular flexibility index (Phi) is 4.89. The van der Waals surface area contributed by atoms with Gasteiger partial charge < -0.3 is 9.72 Å². The number of aromatic nitrogens is 4. The first-order chi connectivity index (χ1) is 13.9. The lowest BCUT2D eigenvalue weighted by atomic mass is 10.1. The van der Waals surface area contributed by atoms with Gasteiger partial charge in [-0.3, -0.25) is 9.48 Å². The van der Waals surface area contributed by atoms with Crippen LogP contribution in [0.2, 0.25) is 0 Å². The number of benzene rings is 1. The van der Waals surface area contributed by atoms with Crippen LogP contribution in [0.5, 0.6) is 0 Å². The number of amides is 1. The molecule has 0 saturated carbocycles. The van der Waals surface area contributed by atoms with Gasteiger partial charge in [-0.15, -0.1) is 0 Å². The maximum atomic E-state index is 12.5. The second-order valence-corrected chi connectivity index (χ2v) is 8.99. The van der Waals surface area contributed by atoms with Crippen molar-refractivity contribution in [2.75, 3.05) is 11.6 Å². The van der Waals surface area contributed by atoms with Gasteiger partial charge in [-0.05, 0) is 29.8 Å². The van der Waals surface area contributed by atoms with Crippen molar-refractivity contribution in [3.05, 3.63) is 84.1 Å². The number of imidazole rings is 1. The van der Waals surface area contributed by atoms with Gasteiger partial charge in [0.25, 0.3) is 5.91 Å². The van der Waals surface area contributed by atoms with Crippen LogP contribution in [-0.4, -0.2) is 39.7 Å². The predicted molar refractivity (Wildman–Crippen MR) is 109 cm³/mol. The molecule has 0 aliphatic rings. The maximum Gasteiger partial charge on any atom is 0.255 e. The molecular weight excluding hydrogens is 390 g/mol. The van der Waals surface area contributed by atoms with Crippen molar-refractivity contribution in [1.29, 1.82) is 0 Å². The molecule has 0 radical (unpaired) electrons. The summed E-state index contributed by atoms with van der Waals surface area (Å²) in [6.45, 7) is 0.474. The number of anilines is 1.